The molecule has 3 heterocycles. The molecule has 3 aliphatic rings. The number of rotatable bonds is 6. The van der Waals surface area contributed by atoms with Gasteiger partial charge in [-0.3, -0.25) is 14.4 Å². The lowest BCUT2D eigenvalue weighted by Crippen LogP contribution is -2.42. The van der Waals surface area contributed by atoms with E-state index in [0.717, 1.165) is 19.4 Å². The van der Waals surface area contributed by atoms with E-state index in [4.69, 9.17) is 0 Å². The normalized spacial score (nSPS) is 23.3. The average Bonchev–Trinajstić information content (AvgIpc) is 3.32. The first-order valence-electron chi connectivity index (χ1n) is 10.3. The maximum Gasteiger partial charge on any atom is 0.272 e. The summed E-state index contributed by atoms with van der Waals surface area (Å²) in [5, 5.41) is 3.00. The highest BCUT2D eigenvalue weighted by Gasteiger charge is 2.36. The molecule has 1 aromatic heterocycles. The van der Waals surface area contributed by atoms with Gasteiger partial charge in [0.1, 0.15) is 5.69 Å². The number of aromatic nitrogens is 2. The fourth-order valence-corrected chi connectivity index (χ4v) is 4.19. The van der Waals surface area contributed by atoms with Gasteiger partial charge < -0.3 is 19.7 Å². The Kier molecular flexibility index (Phi) is 5.37. The van der Waals surface area contributed by atoms with Gasteiger partial charge >= 0.3 is 0 Å². The Morgan fingerprint density at radius 3 is 2.57 bits per heavy atom. The van der Waals surface area contributed by atoms with Crippen LogP contribution >= 0.6 is 0 Å². The van der Waals surface area contributed by atoms with Gasteiger partial charge in [0.15, 0.2) is 0 Å². The predicted octanol–water partition coefficient (Wildman–Crippen LogP) is 0.647. The van der Waals surface area contributed by atoms with E-state index in [-0.39, 0.29) is 23.6 Å². The van der Waals surface area contributed by atoms with Gasteiger partial charge in [-0.2, -0.15) is 0 Å². The Morgan fingerprint density at radius 2 is 1.93 bits per heavy atom. The van der Waals surface area contributed by atoms with Crippen LogP contribution in [0.4, 0.5) is 0 Å². The maximum atomic E-state index is 12.6. The Hall–Kier alpha value is -2.38. The van der Waals surface area contributed by atoms with Crippen LogP contribution in [0.1, 0.15) is 42.6 Å². The Labute approximate surface area is 165 Å². The summed E-state index contributed by atoms with van der Waals surface area (Å²) in [4.78, 5) is 44.9. The van der Waals surface area contributed by atoms with Crippen LogP contribution in [-0.4, -0.2) is 69.8 Å². The number of carbonyl (C=O) groups excluding carboxylic acids is 3. The topological polar surface area (TPSA) is 87.5 Å². The minimum atomic E-state index is -0.210. The SMILES string of the molecule is Cn1cncc1C(=O)N1CCC(CN2CC(C(=O)NCC3CC3)CC2=O)CC1. The average molecular weight is 387 g/mol. The molecule has 2 aliphatic heterocycles. The molecule has 4 rings (SSSR count). The maximum absolute atomic E-state index is 12.6. The highest BCUT2D eigenvalue weighted by atomic mass is 16.2. The summed E-state index contributed by atoms with van der Waals surface area (Å²) < 4.78 is 1.74. The van der Waals surface area contributed by atoms with Crippen molar-refractivity contribution in [1.82, 2.24) is 24.7 Å². The number of piperidine rings is 1. The van der Waals surface area contributed by atoms with Gasteiger partial charge in [-0.25, -0.2) is 4.98 Å². The predicted molar refractivity (Wildman–Crippen MR) is 102 cm³/mol. The fraction of sp³-hybridized carbons (Fsp3) is 0.700. The molecule has 1 atom stereocenters. The van der Waals surface area contributed by atoms with Crippen molar-refractivity contribution >= 4 is 17.7 Å². The molecule has 0 aromatic carbocycles. The number of hydrogen-bond donors (Lipinski definition) is 1. The minimum absolute atomic E-state index is 0.0168. The molecule has 0 spiro atoms. The first kappa shape index (κ1) is 19.0. The zero-order chi connectivity index (χ0) is 19.7. The smallest absolute Gasteiger partial charge is 0.272 e. The lowest BCUT2D eigenvalue weighted by molar-refractivity contribution is -0.129. The fourth-order valence-electron chi connectivity index (χ4n) is 4.19. The van der Waals surface area contributed by atoms with E-state index in [1.54, 1.807) is 17.1 Å². The third-order valence-electron chi connectivity index (χ3n) is 6.26. The second-order valence-electron chi connectivity index (χ2n) is 8.51. The van der Waals surface area contributed by atoms with Crippen molar-refractivity contribution in [2.24, 2.45) is 24.8 Å². The third-order valence-corrected chi connectivity index (χ3v) is 6.26. The van der Waals surface area contributed by atoms with Crippen molar-refractivity contribution < 1.29 is 14.4 Å². The second-order valence-corrected chi connectivity index (χ2v) is 8.51. The first-order chi connectivity index (χ1) is 13.5. The summed E-state index contributed by atoms with van der Waals surface area (Å²) in [6.07, 6.45) is 7.74. The van der Waals surface area contributed by atoms with Gasteiger partial charge in [-0.15, -0.1) is 0 Å². The van der Waals surface area contributed by atoms with Crippen LogP contribution in [0.25, 0.3) is 0 Å². The van der Waals surface area contributed by atoms with Crippen LogP contribution in [0, 0.1) is 17.8 Å². The molecule has 1 aromatic rings. The number of nitrogens with zero attached hydrogens (tertiary/aromatic N) is 4. The van der Waals surface area contributed by atoms with Crippen molar-refractivity contribution in [3.8, 4) is 0 Å². The van der Waals surface area contributed by atoms with E-state index >= 15 is 0 Å². The van der Waals surface area contributed by atoms with E-state index in [0.29, 0.717) is 50.1 Å². The molecule has 152 valence electrons. The number of carbonyl (C=O) groups is 3. The number of aryl methyl sites for hydroxylation is 1. The van der Waals surface area contributed by atoms with Crippen molar-refractivity contribution in [1.29, 1.82) is 0 Å². The molecule has 3 fully saturated rings. The van der Waals surface area contributed by atoms with Gasteiger partial charge in [-0.1, -0.05) is 0 Å². The first-order valence-corrected chi connectivity index (χ1v) is 10.3. The van der Waals surface area contributed by atoms with E-state index < -0.39 is 0 Å². The Morgan fingerprint density at radius 1 is 1.18 bits per heavy atom. The van der Waals surface area contributed by atoms with Gasteiger partial charge in [0.2, 0.25) is 11.8 Å². The van der Waals surface area contributed by atoms with Crippen LogP contribution < -0.4 is 5.32 Å². The van der Waals surface area contributed by atoms with E-state index in [2.05, 4.69) is 10.3 Å². The van der Waals surface area contributed by atoms with Gasteiger partial charge in [0.25, 0.3) is 5.91 Å². The van der Waals surface area contributed by atoms with E-state index in [9.17, 15) is 14.4 Å². The molecule has 3 amide bonds. The highest BCUT2D eigenvalue weighted by molar-refractivity contribution is 5.92. The molecule has 8 heteroatoms. The Balaban J connectivity index is 1.23. The van der Waals surface area contributed by atoms with E-state index in [1.165, 1.54) is 12.8 Å². The molecular formula is C20H29N5O3. The summed E-state index contributed by atoms with van der Waals surface area (Å²) in [7, 11) is 1.82. The van der Waals surface area contributed by atoms with Crippen LogP contribution in [0.2, 0.25) is 0 Å². The number of imidazole rings is 1. The van der Waals surface area contributed by atoms with Crippen molar-refractivity contribution in [2.75, 3.05) is 32.7 Å². The molecule has 2 saturated heterocycles. The van der Waals surface area contributed by atoms with Gasteiger partial charge in [0, 0.05) is 46.2 Å². The van der Waals surface area contributed by atoms with Crippen molar-refractivity contribution in [2.45, 2.75) is 32.1 Å². The van der Waals surface area contributed by atoms with Gasteiger partial charge in [0.05, 0.1) is 18.4 Å². The molecular weight excluding hydrogens is 358 g/mol. The van der Waals surface area contributed by atoms with E-state index in [1.807, 2.05) is 16.8 Å². The zero-order valence-corrected chi connectivity index (χ0v) is 16.5. The lowest BCUT2D eigenvalue weighted by atomic mass is 9.96. The minimum Gasteiger partial charge on any atom is -0.356 e. The monoisotopic (exact) mass is 387 g/mol. The molecule has 1 saturated carbocycles. The molecule has 1 unspecified atom stereocenters. The molecule has 28 heavy (non-hydrogen) atoms. The standard InChI is InChI=1S/C20H29N5O3/c1-23-13-21-10-17(23)20(28)24-6-4-15(5-7-24)11-25-12-16(8-18(25)26)19(27)22-9-14-2-3-14/h10,13-16H,2-9,11-12H2,1H3,(H,22,27). The summed E-state index contributed by atoms with van der Waals surface area (Å²) in [6, 6.07) is 0. The summed E-state index contributed by atoms with van der Waals surface area (Å²) >= 11 is 0. The number of amides is 3. The highest BCUT2D eigenvalue weighted by Crippen LogP contribution is 2.28. The second kappa shape index (κ2) is 7.93. The summed E-state index contributed by atoms with van der Waals surface area (Å²) in [6.45, 7) is 3.37. The molecule has 0 radical (unpaired) electrons. The van der Waals surface area contributed by atoms with Crippen molar-refractivity contribution in [3.63, 3.8) is 0 Å². The number of likely N-dealkylation sites (tertiary alicyclic amines) is 2. The quantitative estimate of drug-likeness (QED) is 0.776. The summed E-state index contributed by atoms with van der Waals surface area (Å²) in [5.41, 5.74) is 0.605. The Bertz CT molecular complexity index is 749. The van der Waals surface area contributed by atoms with Crippen LogP contribution in [0.3, 0.4) is 0 Å². The molecule has 1 aliphatic carbocycles. The number of hydrogen-bond acceptors (Lipinski definition) is 4. The number of nitrogens with one attached hydrogen (secondary N) is 1. The summed E-state index contributed by atoms with van der Waals surface area (Å²) in [5.74, 6) is 0.948. The van der Waals surface area contributed by atoms with Crippen LogP contribution in [0.15, 0.2) is 12.5 Å². The largest absolute Gasteiger partial charge is 0.356 e. The lowest BCUT2D eigenvalue weighted by Gasteiger charge is -2.34. The molecule has 1 N–H and O–H groups in total. The molecule has 8 nitrogen and oxygen atoms in total. The van der Waals surface area contributed by atoms with Crippen LogP contribution in [0.5, 0.6) is 0 Å². The van der Waals surface area contributed by atoms with Crippen LogP contribution in [-0.2, 0) is 16.6 Å². The van der Waals surface area contributed by atoms with Gasteiger partial charge in [-0.05, 0) is 37.5 Å². The van der Waals surface area contributed by atoms with Crippen molar-refractivity contribution in [3.05, 3.63) is 18.2 Å². The third kappa shape index (κ3) is 4.20. The zero-order valence-electron chi connectivity index (χ0n) is 16.5. The molecule has 0 bridgehead atoms.